The zero-order chi connectivity index (χ0) is 13.1. The number of ether oxygens (including phenoxy) is 1. The molecule has 3 heteroatoms. The van der Waals surface area contributed by atoms with Crippen LogP contribution in [0.3, 0.4) is 0 Å². The third-order valence-corrected chi connectivity index (χ3v) is 4.73. The molecule has 17 heavy (non-hydrogen) atoms. The van der Waals surface area contributed by atoms with Crippen LogP contribution in [0.25, 0.3) is 0 Å². The fourth-order valence-electron chi connectivity index (χ4n) is 2.91. The highest BCUT2D eigenvalue weighted by Gasteiger charge is 2.41. The quantitative estimate of drug-likeness (QED) is 0.803. The third kappa shape index (κ3) is 3.43. The second kappa shape index (κ2) is 5.68. The van der Waals surface area contributed by atoms with Gasteiger partial charge in [0.15, 0.2) is 0 Å². The Labute approximate surface area is 107 Å². The zero-order valence-corrected chi connectivity index (χ0v) is 12.3. The van der Waals surface area contributed by atoms with Crippen molar-refractivity contribution in [3.63, 3.8) is 0 Å². The van der Waals surface area contributed by atoms with Crippen molar-refractivity contribution in [2.75, 3.05) is 27.3 Å². The van der Waals surface area contributed by atoms with E-state index in [1.807, 2.05) is 0 Å². The van der Waals surface area contributed by atoms with Crippen LogP contribution in [-0.4, -0.2) is 43.8 Å². The Kier molecular flexibility index (Phi) is 4.99. The minimum atomic E-state index is 0.188. The fraction of sp³-hybridized carbons (Fsp3) is 1.00. The van der Waals surface area contributed by atoms with E-state index in [9.17, 15) is 0 Å². The highest BCUT2D eigenvalue weighted by atomic mass is 16.5. The molecule has 0 saturated heterocycles. The van der Waals surface area contributed by atoms with Crippen LogP contribution in [0.2, 0.25) is 0 Å². The molecule has 3 nitrogen and oxygen atoms in total. The molecule has 0 aliphatic heterocycles. The third-order valence-electron chi connectivity index (χ3n) is 4.73. The lowest BCUT2D eigenvalue weighted by Crippen LogP contribution is -2.58. The van der Waals surface area contributed by atoms with Gasteiger partial charge < -0.3 is 10.5 Å². The van der Waals surface area contributed by atoms with Gasteiger partial charge in [0.1, 0.15) is 0 Å². The monoisotopic (exact) mass is 242 g/mol. The average Bonchev–Trinajstić information content (AvgIpc) is 2.29. The van der Waals surface area contributed by atoms with Gasteiger partial charge in [-0.05, 0) is 45.1 Å². The molecule has 0 spiro atoms. The SMILES string of the molecule is COCC(C)N(C)C1(CN)CCC(C)(C)CC1. The summed E-state index contributed by atoms with van der Waals surface area (Å²) in [5.74, 6) is 0. The Hall–Kier alpha value is -0.120. The number of hydrogen-bond acceptors (Lipinski definition) is 3. The summed E-state index contributed by atoms with van der Waals surface area (Å²) in [5.41, 5.74) is 6.76. The largest absolute Gasteiger partial charge is 0.383 e. The summed E-state index contributed by atoms with van der Waals surface area (Å²) < 4.78 is 5.26. The van der Waals surface area contributed by atoms with E-state index in [0.29, 0.717) is 11.5 Å². The van der Waals surface area contributed by atoms with Crippen LogP contribution in [0.5, 0.6) is 0 Å². The molecule has 1 fully saturated rings. The number of nitrogens with zero attached hydrogens (tertiary/aromatic N) is 1. The van der Waals surface area contributed by atoms with Crippen molar-refractivity contribution in [3.8, 4) is 0 Å². The van der Waals surface area contributed by atoms with Crippen molar-refractivity contribution in [1.29, 1.82) is 0 Å². The van der Waals surface area contributed by atoms with E-state index >= 15 is 0 Å². The minimum Gasteiger partial charge on any atom is -0.383 e. The maximum atomic E-state index is 6.08. The summed E-state index contributed by atoms with van der Waals surface area (Å²) in [6, 6.07) is 0.435. The summed E-state index contributed by atoms with van der Waals surface area (Å²) in [6.45, 7) is 8.49. The molecular formula is C14H30N2O. The summed E-state index contributed by atoms with van der Waals surface area (Å²) in [5, 5.41) is 0. The minimum absolute atomic E-state index is 0.188. The zero-order valence-electron chi connectivity index (χ0n) is 12.3. The van der Waals surface area contributed by atoms with Crippen molar-refractivity contribution < 1.29 is 4.74 Å². The van der Waals surface area contributed by atoms with E-state index in [4.69, 9.17) is 10.5 Å². The number of hydrogen-bond donors (Lipinski definition) is 1. The van der Waals surface area contributed by atoms with Gasteiger partial charge >= 0.3 is 0 Å². The first-order valence-electron chi connectivity index (χ1n) is 6.79. The van der Waals surface area contributed by atoms with Gasteiger partial charge in [-0.15, -0.1) is 0 Å². The van der Waals surface area contributed by atoms with Gasteiger partial charge in [-0.2, -0.15) is 0 Å². The molecule has 0 heterocycles. The first-order chi connectivity index (χ1) is 7.87. The Balaban J connectivity index is 2.69. The molecule has 0 radical (unpaired) electrons. The summed E-state index contributed by atoms with van der Waals surface area (Å²) >= 11 is 0. The fourth-order valence-corrected chi connectivity index (χ4v) is 2.91. The van der Waals surface area contributed by atoms with Crippen LogP contribution in [0.15, 0.2) is 0 Å². The van der Waals surface area contributed by atoms with E-state index in [1.165, 1.54) is 25.7 Å². The normalized spacial score (nSPS) is 24.9. The summed E-state index contributed by atoms with van der Waals surface area (Å²) in [7, 11) is 3.97. The number of nitrogens with two attached hydrogens (primary N) is 1. The Bertz CT molecular complexity index is 230. The molecule has 0 aromatic carbocycles. The maximum absolute atomic E-state index is 6.08. The van der Waals surface area contributed by atoms with Gasteiger partial charge in [-0.3, -0.25) is 4.90 Å². The Morgan fingerprint density at radius 1 is 1.24 bits per heavy atom. The molecule has 0 aromatic heterocycles. The molecule has 1 aliphatic carbocycles. The average molecular weight is 242 g/mol. The Morgan fingerprint density at radius 2 is 1.76 bits per heavy atom. The molecule has 0 aromatic rings. The van der Waals surface area contributed by atoms with Gasteiger partial charge in [0.2, 0.25) is 0 Å². The standard InChI is InChI=1S/C14H30N2O/c1-12(10-17-5)16(4)14(11-15)8-6-13(2,3)7-9-14/h12H,6-11,15H2,1-5H3. The first kappa shape index (κ1) is 14.9. The summed E-state index contributed by atoms with van der Waals surface area (Å²) in [4.78, 5) is 2.45. The number of rotatable bonds is 5. The topological polar surface area (TPSA) is 38.5 Å². The smallest absolute Gasteiger partial charge is 0.0615 e. The first-order valence-corrected chi connectivity index (χ1v) is 6.79. The lowest BCUT2D eigenvalue weighted by Gasteiger charge is -2.50. The van der Waals surface area contributed by atoms with Crippen molar-refractivity contribution in [2.24, 2.45) is 11.1 Å². The predicted octanol–water partition coefficient (Wildman–Crippen LogP) is 2.25. The van der Waals surface area contributed by atoms with Crippen LogP contribution in [0.4, 0.5) is 0 Å². The van der Waals surface area contributed by atoms with Crippen LogP contribution in [0.1, 0.15) is 46.5 Å². The number of likely N-dealkylation sites (N-methyl/N-ethyl adjacent to an activating group) is 1. The van der Waals surface area contributed by atoms with Gasteiger partial charge in [-0.1, -0.05) is 13.8 Å². The second-order valence-electron chi connectivity index (χ2n) is 6.51. The van der Waals surface area contributed by atoms with Crippen LogP contribution >= 0.6 is 0 Å². The van der Waals surface area contributed by atoms with Crippen LogP contribution in [0, 0.1) is 5.41 Å². The lowest BCUT2D eigenvalue weighted by atomic mass is 9.68. The molecule has 1 unspecified atom stereocenters. The molecule has 1 saturated carbocycles. The van der Waals surface area contributed by atoms with Gasteiger partial charge in [-0.25, -0.2) is 0 Å². The van der Waals surface area contributed by atoms with E-state index in [2.05, 4.69) is 32.7 Å². The predicted molar refractivity (Wildman–Crippen MR) is 73.1 cm³/mol. The van der Waals surface area contributed by atoms with Crippen LogP contribution in [-0.2, 0) is 4.74 Å². The van der Waals surface area contributed by atoms with E-state index < -0.39 is 0 Å². The van der Waals surface area contributed by atoms with E-state index in [1.54, 1.807) is 7.11 Å². The van der Waals surface area contributed by atoms with Crippen molar-refractivity contribution in [1.82, 2.24) is 4.90 Å². The molecule has 0 bridgehead atoms. The van der Waals surface area contributed by atoms with Crippen molar-refractivity contribution >= 4 is 0 Å². The molecular weight excluding hydrogens is 212 g/mol. The number of methoxy groups -OCH3 is 1. The molecule has 1 atom stereocenters. The Morgan fingerprint density at radius 3 is 2.18 bits per heavy atom. The van der Waals surface area contributed by atoms with Crippen molar-refractivity contribution in [2.45, 2.75) is 58.0 Å². The molecule has 1 aliphatic rings. The molecule has 0 amide bonds. The molecule has 102 valence electrons. The highest BCUT2D eigenvalue weighted by molar-refractivity contribution is 4.98. The highest BCUT2D eigenvalue weighted by Crippen LogP contribution is 2.42. The van der Waals surface area contributed by atoms with Crippen molar-refractivity contribution in [3.05, 3.63) is 0 Å². The summed E-state index contributed by atoms with van der Waals surface area (Å²) in [6.07, 6.45) is 4.96. The van der Waals surface area contributed by atoms with E-state index in [0.717, 1.165) is 13.2 Å². The second-order valence-corrected chi connectivity index (χ2v) is 6.51. The van der Waals surface area contributed by atoms with E-state index in [-0.39, 0.29) is 5.54 Å². The maximum Gasteiger partial charge on any atom is 0.0615 e. The van der Waals surface area contributed by atoms with Gasteiger partial charge in [0.25, 0.3) is 0 Å². The lowest BCUT2D eigenvalue weighted by molar-refractivity contribution is -0.00553. The van der Waals surface area contributed by atoms with Gasteiger partial charge in [0.05, 0.1) is 6.61 Å². The molecule has 2 N–H and O–H groups in total. The van der Waals surface area contributed by atoms with Crippen LogP contribution < -0.4 is 5.73 Å². The van der Waals surface area contributed by atoms with Gasteiger partial charge in [0, 0.05) is 25.2 Å². The molecule has 1 rings (SSSR count).